The van der Waals surface area contributed by atoms with Crippen molar-refractivity contribution in [2.75, 3.05) is 13.2 Å². The summed E-state index contributed by atoms with van der Waals surface area (Å²) >= 11 is 0. The van der Waals surface area contributed by atoms with E-state index in [1.165, 1.54) is 12.1 Å². The van der Waals surface area contributed by atoms with Crippen LogP contribution in [0.1, 0.15) is 26.7 Å². The maximum Gasteiger partial charge on any atom is 0.126 e. The predicted molar refractivity (Wildman–Crippen MR) is 64.3 cm³/mol. The van der Waals surface area contributed by atoms with Crippen LogP contribution in [-0.4, -0.2) is 19.2 Å². The molecule has 1 aromatic carbocycles. The van der Waals surface area contributed by atoms with Gasteiger partial charge < -0.3 is 10.1 Å². The van der Waals surface area contributed by atoms with Crippen LogP contribution in [-0.2, 0) is 0 Å². The molecule has 0 amide bonds. The first-order valence-corrected chi connectivity index (χ1v) is 5.80. The fraction of sp³-hybridized carbons (Fsp3) is 0.538. The lowest BCUT2D eigenvalue weighted by Crippen LogP contribution is -2.23. The van der Waals surface area contributed by atoms with Gasteiger partial charge in [0.15, 0.2) is 0 Å². The monoisotopic (exact) mass is 225 g/mol. The molecule has 0 aliphatic carbocycles. The Morgan fingerprint density at radius 2 is 2.12 bits per heavy atom. The fourth-order valence-electron chi connectivity index (χ4n) is 1.36. The van der Waals surface area contributed by atoms with Crippen LogP contribution >= 0.6 is 0 Å². The third kappa shape index (κ3) is 5.71. The van der Waals surface area contributed by atoms with Crippen LogP contribution in [0, 0.1) is 5.82 Å². The molecule has 0 aliphatic rings. The molecule has 0 spiro atoms. The summed E-state index contributed by atoms with van der Waals surface area (Å²) in [5.74, 6) is 0.357. The number of halogens is 1. The first-order chi connectivity index (χ1) is 7.68. The fourth-order valence-corrected chi connectivity index (χ4v) is 1.36. The molecule has 0 bridgehead atoms. The van der Waals surface area contributed by atoms with Crippen molar-refractivity contribution in [1.29, 1.82) is 0 Å². The van der Waals surface area contributed by atoms with E-state index in [2.05, 4.69) is 19.2 Å². The van der Waals surface area contributed by atoms with Gasteiger partial charge in [-0.2, -0.15) is 0 Å². The van der Waals surface area contributed by atoms with Crippen LogP contribution in [0.2, 0.25) is 0 Å². The minimum absolute atomic E-state index is 0.251. The molecule has 2 nitrogen and oxygen atoms in total. The van der Waals surface area contributed by atoms with E-state index in [0.29, 0.717) is 18.4 Å². The molecule has 0 aromatic heterocycles. The van der Waals surface area contributed by atoms with Crippen molar-refractivity contribution >= 4 is 0 Å². The lowest BCUT2D eigenvalue weighted by atomic mass is 10.3. The molecule has 0 fully saturated rings. The third-order valence-electron chi connectivity index (χ3n) is 2.19. The highest BCUT2D eigenvalue weighted by Gasteiger charge is 1.96. The lowest BCUT2D eigenvalue weighted by Gasteiger charge is -2.08. The number of nitrogens with one attached hydrogen (secondary N) is 1. The number of unbranched alkanes of at least 4 members (excludes halogenated alkanes) is 1. The molecule has 0 radical (unpaired) electrons. The zero-order chi connectivity index (χ0) is 11.8. The van der Waals surface area contributed by atoms with Gasteiger partial charge in [-0.3, -0.25) is 0 Å². The first kappa shape index (κ1) is 13.0. The average Bonchev–Trinajstić information content (AvgIpc) is 2.23. The summed E-state index contributed by atoms with van der Waals surface area (Å²) in [6, 6.07) is 6.79. The van der Waals surface area contributed by atoms with Gasteiger partial charge >= 0.3 is 0 Å². The lowest BCUT2D eigenvalue weighted by molar-refractivity contribution is 0.303. The maximum absolute atomic E-state index is 12.8. The van der Waals surface area contributed by atoms with Gasteiger partial charge in [-0.25, -0.2) is 4.39 Å². The number of hydrogen-bond donors (Lipinski definition) is 1. The Kier molecular flexibility index (Phi) is 5.86. The van der Waals surface area contributed by atoms with Gasteiger partial charge in [-0.15, -0.1) is 0 Å². The molecule has 0 heterocycles. The average molecular weight is 225 g/mol. The van der Waals surface area contributed by atoms with Crippen molar-refractivity contribution < 1.29 is 9.13 Å². The molecule has 0 saturated heterocycles. The Morgan fingerprint density at radius 3 is 2.81 bits per heavy atom. The maximum atomic E-state index is 12.8. The number of hydrogen-bond acceptors (Lipinski definition) is 2. The minimum Gasteiger partial charge on any atom is -0.493 e. The predicted octanol–water partition coefficient (Wildman–Crippen LogP) is 2.98. The van der Waals surface area contributed by atoms with Crippen LogP contribution < -0.4 is 10.1 Å². The largest absolute Gasteiger partial charge is 0.493 e. The molecule has 1 rings (SSSR count). The second-order valence-corrected chi connectivity index (χ2v) is 4.12. The number of rotatable bonds is 7. The third-order valence-corrected chi connectivity index (χ3v) is 2.19. The quantitative estimate of drug-likeness (QED) is 0.720. The molecule has 3 heteroatoms. The molecule has 1 aromatic rings. The minimum atomic E-state index is -0.251. The second-order valence-electron chi connectivity index (χ2n) is 4.12. The van der Waals surface area contributed by atoms with Gasteiger partial charge in [0.1, 0.15) is 11.6 Å². The zero-order valence-electron chi connectivity index (χ0n) is 10.0. The Balaban J connectivity index is 2.07. The van der Waals surface area contributed by atoms with Crippen molar-refractivity contribution in [2.45, 2.75) is 32.7 Å². The molecule has 0 atom stereocenters. The smallest absolute Gasteiger partial charge is 0.126 e. The summed E-state index contributed by atoms with van der Waals surface area (Å²) in [7, 11) is 0. The summed E-state index contributed by atoms with van der Waals surface area (Å²) in [6.45, 7) is 5.90. The molecular weight excluding hydrogens is 205 g/mol. The highest BCUT2D eigenvalue weighted by atomic mass is 19.1. The van der Waals surface area contributed by atoms with E-state index < -0.39 is 0 Å². The van der Waals surface area contributed by atoms with E-state index in [1.807, 2.05) is 0 Å². The molecule has 0 saturated carbocycles. The van der Waals surface area contributed by atoms with Crippen LogP contribution in [0.5, 0.6) is 5.75 Å². The van der Waals surface area contributed by atoms with Gasteiger partial charge in [-0.05, 0) is 31.5 Å². The van der Waals surface area contributed by atoms with Gasteiger partial charge in [-0.1, -0.05) is 19.9 Å². The SMILES string of the molecule is CC(C)NCCCCOc1cccc(F)c1. The summed E-state index contributed by atoms with van der Waals surface area (Å²) in [6.07, 6.45) is 2.06. The van der Waals surface area contributed by atoms with E-state index in [1.54, 1.807) is 12.1 Å². The van der Waals surface area contributed by atoms with E-state index >= 15 is 0 Å². The molecule has 0 unspecified atom stereocenters. The summed E-state index contributed by atoms with van der Waals surface area (Å²) in [5, 5.41) is 3.34. The number of benzene rings is 1. The Labute approximate surface area is 96.8 Å². The van der Waals surface area contributed by atoms with Crippen molar-refractivity contribution in [3.8, 4) is 5.75 Å². The van der Waals surface area contributed by atoms with Crippen LogP contribution in [0.15, 0.2) is 24.3 Å². The van der Waals surface area contributed by atoms with Crippen molar-refractivity contribution in [1.82, 2.24) is 5.32 Å². The van der Waals surface area contributed by atoms with E-state index in [9.17, 15) is 4.39 Å². The van der Waals surface area contributed by atoms with E-state index in [-0.39, 0.29) is 5.82 Å². The summed E-state index contributed by atoms with van der Waals surface area (Å²) < 4.78 is 18.2. The zero-order valence-corrected chi connectivity index (χ0v) is 10.0. The van der Waals surface area contributed by atoms with Gasteiger partial charge in [0.25, 0.3) is 0 Å². The molecule has 0 aliphatic heterocycles. The van der Waals surface area contributed by atoms with Gasteiger partial charge in [0.05, 0.1) is 6.61 Å². The van der Waals surface area contributed by atoms with Crippen LogP contribution in [0.4, 0.5) is 4.39 Å². The summed E-state index contributed by atoms with van der Waals surface area (Å²) in [5.41, 5.74) is 0. The Hall–Kier alpha value is -1.09. The van der Waals surface area contributed by atoms with E-state index in [0.717, 1.165) is 19.4 Å². The van der Waals surface area contributed by atoms with E-state index in [4.69, 9.17) is 4.74 Å². The molecule has 1 N–H and O–H groups in total. The van der Waals surface area contributed by atoms with Crippen LogP contribution in [0.3, 0.4) is 0 Å². The highest BCUT2D eigenvalue weighted by Crippen LogP contribution is 2.12. The van der Waals surface area contributed by atoms with Crippen molar-refractivity contribution in [2.24, 2.45) is 0 Å². The van der Waals surface area contributed by atoms with Crippen molar-refractivity contribution in [3.05, 3.63) is 30.1 Å². The Bertz CT molecular complexity index is 302. The van der Waals surface area contributed by atoms with Gasteiger partial charge in [0.2, 0.25) is 0 Å². The summed E-state index contributed by atoms with van der Waals surface area (Å²) in [4.78, 5) is 0. The number of ether oxygens (including phenoxy) is 1. The van der Waals surface area contributed by atoms with Crippen LogP contribution in [0.25, 0.3) is 0 Å². The van der Waals surface area contributed by atoms with Crippen molar-refractivity contribution in [3.63, 3.8) is 0 Å². The normalized spacial score (nSPS) is 10.8. The highest BCUT2D eigenvalue weighted by molar-refractivity contribution is 5.22. The molecular formula is C13H20FNO. The van der Waals surface area contributed by atoms with Gasteiger partial charge in [0, 0.05) is 12.1 Å². The first-order valence-electron chi connectivity index (χ1n) is 5.80. The standard InChI is InChI=1S/C13H20FNO/c1-11(2)15-8-3-4-9-16-13-7-5-6-12(14)10-13/h5-7,10-11,15H,3-4,8-9H2,1-2H3. The topological polar surface area (TPSA) is 21.3 Å². The second kappa shape index (κ2) is 7.23. The molecule has 16 heavy (non-hydrogen) atoms. The molecule has 90 valence electrons. The Morgan fingerprint density at radius 1 is 1.31 bits per heavy atom.